The molecule has 0 bridgehead atoms. The molecule has 1 aromatic carbocycles. The quantitative estimate of drug-likeness (QED) is 0.417. The van der Waals surface area contributed by atoms with Gasteiger partial charge in [-0.3, -0.25) is 10.1 Å². The zero-order valence-corrected chi connectivity index (χ0v) is 16.3. The number of nitrogens with one attached hydrogen (secondary N) is 1. The van der Waals surface area contributed by atoms with Gasteiger partial charge in [0.15, 0.2) is 11.5 Å². The fourth-order valence-corrected chi connectivity index (χ4v) is 3.91. The van der Waals surface area contributed by atoms with Crippen LogP contribution in [0.4, 0.5) is 5.13 Å². The molecule has 0 aliphatic rings. The first-order valence-electron chi connectivity index (χ1n) is 7.56. The number of methoxy groups -OCH3 is 2. The third kappa shape index (κ3) is 4.81. The van der Waals surface area contributed by atoms with Crippen LogP contribution in [0, 0.1) is 11.3 Å². The van der Waals surface area contributed by atoms with Crippen molar-refractivity contribution < 1.29 is 22.7 Å². The Morgan fingerprint density at radius 2 is 2.00 bits per heavy atom. The highest BCUT2D eigenvalue weighted by atomic mass is 32.2. The number of aromatic nitrogens is 2. The summed E-state index contributed by atoms with van der Waals surface area (Å²) in [7, 11) is -0.544. The molecule has 1 amide bonds. The van der Waals surface area contributed by atoms with Gasteiger partial charge in [-0.1, -0.05) is 24.3 Å². The molecule has 0 fully saturated rings. The lowest BCUT2D eigenvalue weighted by atomic mass is 10.1. The number of amides is 1. The average molecular weight is 408 g/mol. The number of nitrogens with zero attached hydrogens (tertiary/aromatic N) is 3. The van der Waals surface area contributed by atoms with Gasteiger partial charge >= 0.3 is 0 Å². The number of anilines is 1. The van der Waals surface area contributed by atoms with E-state index in [-0.39, 0.29) is 20.8 Å². The number of nitriles is 1. The van der Waals surface area contributed by atoms with Crippen LogP contribution in [0.1, 0.15) is 12.5 Å². The van der Waals surface area contributed by atoms with E-state index in [0.29, 0.717) is 17.1 Å². The van der Waals surface area contributed by atoms with Crippen LogP contribution in [0.25, 0.3) is 6.08 Å². The van der Waals surface area contributed by atoms with Crippen molar-refractivity contribution in [1.29, 1.82) is 5.26 Å². The number of hydrogen-bond donors (Lipinski definition) is 1. The predicted octanol–water partition coefficient (Wildman–Crippen LogP) is 1.89. The summed E-state index contributed by atoms with van der Waals surface area (Å²) in [5.74, 6) is 0.0978. The van der Waals surface area contributed by atoms with Gasteiger partial charge in [-0.2, -0.15) is 5.26 Å². The summed E-state index contributed by atoms with van der Waals surface area (Å²) in [4.78, 5) is 12.3. The molecule has 0 unspecified atom stereocenters. The van der Waals surface area contributed by atoms with Gasteiger partial charge in [0.1, 0.15) is 11.6 Å². The molecule has 1 aromatic heterocycles. The first-order valence-corrected chi connectivity index (χ1v) is 10.0. The smallest absolute Gasteiger partial charge is 0.268 e. The van der Waals surface area contributed by atoms with Crippen molar-refractivity contribution in [2.24, 2.45) is 0 Å². The molecule has 27 heavy (non-hydrogen) atoms. The minimum absolute atomic E-state index is 0.0134. The Hall–Kier alpha value is -2.97. The van der Waals surface area contributed by atoms with Gasteiger partial charge in [0, 0.05) is 0 Å². The maximum absolute atomic E-state index is 12.3. The summed E-state index contributed by atoms with van der Waals surface area (Å²) < 4.78 is 33.6. The number of sulfone groups is 1. The molecular weight excluding hydrogens is 392 g/mol. The first-order chi connectivity index (χ1) is 12.8. The molecule has 0 aliphatic heterocycles. The molecule has 11 heteroatoms. The van der Waals surface area contributed by atoms with E-state index < -0.39 is 15.7 Å². The predicted molar refractivity (Wildman–Crippen MR) is 99.4 cm³/mol. The average Bonchev–Trinajstić information content (AvgIpc) is 3.15. The largest absolute Gasteiger partial charge is 0.493 e. The zero-order valence-electron chi connectivity index (χ0n) is 14.7. The summed E-state index contributed by atoms with van der Waals surface area (Å²) in [6.45, 7) is 1.48. The number of ether oxygens (including phenoxy) is 2. The maximum atomic E-state index is 12.3. The minimum Gasteiger partial charge on any atom is -0.493 e. The molecule has 1 N–H and O–H groups in total. The van der Waals surface area contributed by atoms with E-state index in [4.69, 9.17) is 9.47 Å². The Morgan fingerprint density at radius 3 is 2.59 bits per heavy atom. The summed E-state index contributed by atoms with van der Waals surface area (Å²) in [5.41, 5.74) is 0.350. The van der Waals surface area contributed by atoms with Gasteiger partial charge in [-0.25, -0.2) is 8.42 Å². The Labute approximate surface area is 160 Å². The Kier molecular flexibility index (Phi) is 6.49. The van der Waals surface area contributed by atoms with Crippen molar-refractivity contribution in [3.8, 4) is 17.6 Å². The van der Waals surface area contributed by atoms with Crippen LogP contribution >= 0.6 is 11.3 Å². The molecule has 0 saturated heterocycles. The summed E-state index contributed by atoms with van der Waals surface area (Å²) in [6, 6.07) is 6.71. The summed E-state index contributed by atoms with van der Waals surface area (Å²) in [5, 5.41) is 18.8. The molecule has 1 heterocycles. The zero-order chi connectivity index (χ0) is 20.0. The van der Waals surface area contributed by atoms with Crippen molar-refractivity contribution in [2.45, 2.75) is 11.3 Å². The molecule has 9 nitrogen and oxygen atoms in total. The number of carbonyl (C=O) groups excluding carboxylic acids is 1. The van der Waals surface area contributed by atoms with Crippen molar-refractivity contribution in [3.05, 3.63) is 29.3 Å². The van der Waals surface area contributed by atoms with E-state index in [9.17, 15) is 18.5 Å². The number of rotatable bonds is 7. The van der Waals surface area contributed by atoms with Crippen LogP contribution < -0.4 is 14.8 Å². The van der Waals surface area contributed by atoms with E-state index in [2.05, 4.69) is 15.5 Å². The Bertz CT molecular complexity index is 1020. The highest BCUT2D eigenvalue weighted by Gasteiger charge is 2.20. The summed E-state index contributed by atoms with van der Waals surface area (Å²) >= 11 is 0.723. The van der Waals surface area contributed by atoms with Gasteiger partial charge in [-0.15, -0.1) is 10.2 Å². The fraction of sp³-hybridized carbons (Fsp3) is 0.250. The van der Waals surface area contributed by atoms with E-state index in [0.717, 1.165) is 11.3 Å². The lowest BCUT2D eigenvalue weighted by Gasteiger charge is -2.08. The van der Waals surface area contributed by atoms with Crippen LogP contribution in [0.5, 0.6) is 11.5 Å². The Morgan fingerprint density at radius 1 is 1.30 bits per heavy atom. The van der Waals surface area contributed by atoms with E-state index >= 15 is 0 Å². The topological polar surface area (TPSA) is 131 Å². The van der Waals surface area contributed by atoms with Gasteiger partial charge in [0.05, 0.1) is 20.0 Å². The van der Waals surface area contributed by atoms with E-state index in [1.807, 2.05) is 0 Å². The second kappa shape index (κ2) is 8.61. The third-order valence-electron chi connectivity index (χ3n) is 3.36. The standard InChI is InChI=1S/C16H16N4O5S2/c1-4-27(22,23)16-20-19-15(26-16)18-14(21)11(9-17)7-10-5-6-12(24-2)13(8-10)25-3/h5-8H,4H2,1-3H3,(H,18,19,21)/b11-7-. The monoisotopic (exact) mass is 408 g/mol. The van der Waals surface area contributed by atoms with Crippen LogP contribution in [0.2, 0.25) is 0 Å². The number of carbonyl (C=O) groups is 1. The number of hydrogen-bond acceptors (Lipinski definition) is 9. The SMILES string of the molecule is CCS(=O)(=O)c1nnc(NC(=O)/C(C#N)=C\c2ccc(OC)c(OC)c2)s1. The molecule has 142 valence electrons. The van der Waals surface area contributed by atoms with Crippen molar-refractivity contribution in [1.82, 2.24) is 10.2 Å². The maximum Gasteiger partial charge on any atom is 0.268 e. The molecule has 0 spiro atoms. The second-order valence-corrected chi connectivity index (χ2v) is 8.44. The molecular formula is C16H16N4O5S2. The van der Waals surface area contributed by atoms with Crippen LogP contribution in [0.3, 0.4) is 0 Å². The Balaban J connectivity index is 2.24. The lowest BCUT2D eigenvalue weighted by molar-refractivity contribution is -0.112. The molecule has 2 rings (SSSR count). The highest BCUT2D eigenvalue weighted by Crippen LogP contribution is 2.28. The van der Waals surface area contributed by atoms with Crippen molar-refractivity contribution >= 4 is 38.3 Å². The minimum atomic E-state index is -3.51. The van der Waals surface area contributed by atoms with Crippen molar-refractivity contribution in [2.75, 3.05) is 25.3 Å². The molecule has 0 radical (unpaired) electrons. The van der Waals surface area contributed by atoms with Gasteiger partial charge in [0.2, 0.25) is 19.3 Å². The van der Waals surface area contributed by atoms with E-state index in [1.165, 1.54) is 27.2 Å². The summed E-state index contributed by atoms with van der Waals surface area (Å²) in [6.07, 6.45) is 1.36. The van der Waals surface area contributed by atoms with Crippen LogP contribution in [-0.2, 0) is 14.6 Å². The number of benzene rings is 1. The molecule has 0 saturated carbocycles. The van der Waals surface area contributed by atoms with Crippen LogP contribution in [0.15, 0.2) is 28.1 Å². The van der Waals surface area contributed by atoms with Crippen LogP contribution in [-0.4, -0.2) is 44.5 Å². The highest BCUT2D eigenvalue weighted by molar-refractivity contribution is 7.93. The lowest BCUT2D eigenvalue weighted by Crippen LogP contribution is -2.13. The molecule has 0 aliphatic carbocycles. The van der Waals surface area contributed by atoms with Gasteiger partial charge in [0.25, 0.3) is 5.91 Å². The van der Waals surface area contributed by atoms with Crippen molar-refractivity contribution in [3.63, 3.8) is 0 Å². The normalized spacial score (nSPS) is 11.6. The van der Waals surface area contributed by atoms with E-state index in [1.54, 1.807) is 24.3 Å². The second-order valence-electron chi connectivity index (χ2n) is 5.01. The fourth-order valence-electron chi connectivity index (χ4n) is 1.93. The first kappa shape index (κ1) is 20.3. The van der Waals surface area contributed by atoms with Gasteiger partial charge in [-0.05, 0) is 23.8 Å². The molecule has 2 aromatic rings. The molecule has 0 atom stereocenters. The van der Waals surface area contributed by atoms with Gasteiger partial charge < -0.3 is 9.47 Å². The third-order valence-corrected chi connectivity index (χ3v) is 6.38.